The third-order valence-corrected chi connectivity index (χ3v) is 2.25. The minimum atomic E-state index is 0.717. The van der Waals surface area contributed by atoms with Gasteiger partial charge in [0.05, 0.1) is 5.69 Å². The van der Waals surface area contributed by atoms with Crippen LogP contribution in [0.3, 0.4) is 0 Å². The van der Waals surface area contributed by atoms with Crippen LogP contribution in [0.5, 0.6) is 0 Å². The highest BCUT2D eigenvalue weighted by Crippen LogP contribution is 2.16. The first-order valence-electron chi connectivity index (χ1n) is 4.55. The minimum Gasteiger partial charge on any atom is -0.294 e. The van der Waals surface area contributed by atoms with E-state index >= 15 is 0 Å². The maximum absolute atomic E-state index is 5.78. The van der Waals surface area contributed by atoms with Gasteiger partial charge >= 0.3 is 0 Å². The van der Waals surface area contributed by atoms with E-state index in [-0.39, 0.29) is 0 Å². The number of benzene rings is 1. The first-order chi connectivity index (χ1) is 7.25. The van der Waals surface area contributed by atoms with Gasteiger partial charge in [-0.25, -0.2) is 9.98 Å². The van der Waals surface area contributed by atoms with Crippen LogP contribution >= 0.6 is 11.6 Å². The van der Waals surface area contributed by atoms with Crippen molar-refractivity contribution in [1.82, 2.24) is 9.55 Å². The average molecular weight is 220 g/mol. The van der Waals surface area contributed by atoms with Crippen LogP contribution in [0.15, 0.2) is 48.0 Å². The summed E-state index contributed by atoms with van der Waals surface area (Å²) in [6.45, 7) is 1.93. The number of aromatic nitrogens is 2. The molecule has 0 bridgehead atoms. The SMILES string of the molecule is C/C(=N\c1ccc(Cl)cc1)n1ccnc1. The van der Waals surface area contributed by atoms with Crippen molar-refractivity contribution in [3.05, 3.63) is 48.0 Å². The van der Waals surface area contributed by atoms with Crippen LogP contribution in [0.4, 0.5) is 5.69 Å². The molecule has 0 aliphatic rings. The van der Waals surface area contributed by atoms with E-state index in [0.717, 1.165) is 11.5 Å². The molecule has 0 fully saturated rings. The van der Waals surface area contributed by atoms with Gasteiger partial charge in [-0.15, -0.1) is 0 Å². The fourth-order valence-corrected chi connectivity index (χ4v) is 1.34. The number of hydrogen-bond acceptors (Lipinski definition) is 2. The van der Waals surface area contributed by atoms with Gasteiger partial charge in [-0.1, -0.05) is 11.6 Å². The van der Waals surface area contributed by atoms with Crippen LogP contribution in [0, 0.1) is 0 Å². The molecule has 15 heavy (non-hydrogen) atoms. The summed E-state index contributed by atoms with van der Waals surface area (Å²) in [6.07, 6.45) is 5.30. The monoisotopic (exact) mass is 219 g/mol. The van der Waals surface area contributed by atoms with E-state index < -0.39 is 0 Å². The average Bonchev–Trinajstić information content (AvgIpc) is 2.74. The van der Waals surface area contributed by atoms with Crippen LogP contribution in [0.25, 0.3) is 0 Å². The van der Waals surface area contributed by atoms with Crippen LogP contribution in [-0.4, -0.2) is 15.4 Å². The minimum absolute atomic E-state index is 0.717. The molecule has 0 radical (unpaired) electrons. The number of nitrogens with zero attached hydrogens (tertiary/aromatic N) is 3. The van der Waals surface area contributed by atoms with Crippen molar-refractivity contribution in [3.63, 3.8) is 0 Å². The summed E-state index contributed by atoms with van der Waals surface area (Å²) in [7, 11) is 0. The Hall–Kier alpha value is -1.61. The molecule has 1 heterocycles. The van der Waals surface area contributed by atoms with Gasteiger partial charge in [0.2, 0.25) is 0 Å². The zero-order valence-electron chi connectivity index (χ0n) is 8.26. The molecule has 0 atom stereocenters. The Bertz CT molecular complexity index is 457. The Morgan fingerprint density at radius 2 is 2.07 bits per heavy atom. The van der Waals surface area contributed by atoms with Crippen molar-refractivity contribution in [2.45, 2.75) is 6.92 Å². The van der Waals surface area contributed by atoms with Crippen molar-refractivity contribution < 1.29 is 0 Å². The van der Waals surface area contributed by atoms with Gasteiger partial charge in [0, 0.05) is 17.4 Å². The number of aliphatic imine (C=N–C) groups is 1. The summed E-state index contributed by atoms with van der Waals surface area (Å²) in [5.74, 6) is 0.870. The Labute approximate surface area is 93.1 Å². The third kappa shape index (κ3) is 2.44. The molecule has 76 valence electrons. The predicted octanol–water partition coefficient (Wildman–Crippen LogP) is 3.13. The second-order valence-electron chi connectivity index (χ2n) is 3.11. The number of imidazole rings is 1. The van der Waals surface area contributed by atoms with Gasteiger partial charge < -0.3 is 0 Å². The lowest BCUT2D eigenvalue weighted by molar-refractivity contribution is 1.11. The molecule has 1 aromatic heterocycles. The molecule has 4 heteroatoms. The zero-order chi connectivity index (χ0) is 10.7. The molecule has 2 rings (SSSR count). The molecule has 0 aliphatic carbocycles. The maximum atomic E-state index is 5.78. The van der Waals surface area contributed by atoms with Crippen LogP contribution in [0.2, 0.25) is 5.02 Å². The fourth-order valence-electron chi connectivity index (χ4n) is 1.21. The summed E-state index contributed by atoms with van der Waals surface area (Å²) in [5.41, 5.74) is 0.880. The molecule has 0 saturated heterocycles. The smallest absolute Gasteiger partial charge is 0.111 e. The van der Waals surface area contributed by atoms with Gasteiger partial charge in [0.15, 0.2) is 0 Å². The van der Waals surface area contributed by atoms with E-state index in [9.17, 15) is 0 Å². The lowest BCUT2D eigenvalue weighted by Crippen LogP contribution is -2.03. The molecule has 1 aromatic carbocycles. The second kappa shape index (κ2) is 4.28. The van der Waals surface area contributed by atoms with E-state index in [0.29, 0.717) is 5.02 Å². The van der Waals surface area contributed by atoms with E-state index in [2.05, 4.69) is 9.98 Å². The first-order valence-corrected chi connectivity index (χ1v) is 4.93. The van der Waals surface area contributed by atoms with Crippen LogP contribution < -0.4 is 0 Å². The molecule has 0 spiro atoms. The van der Waals surface area contributed by atoms with Gasteiger partial charge in [0.1, 0.15) is 12.2 Å². The van der Waals surface area contributed by atoms with Gasteiger partial charge in [-0.05, 0) is 31.2 Å². The van der Waals surface area contributed by atoms with Gasteiger partial charge in [-0.2, -0.15) is 0 Å². The standard InChI is InChI=1S/C11H10ClN3/c1-9(15-7-6-13-8-15)14-11-4-2-10(12)3-5-11/h2-8H,1H3/b14-9+. The topological polar surface area (TPSA) is 30.2 Å². The van der Waals surface area contributed by atoms with E-state index in [1.165, 1.54) is 0 Å². The number of hydrogen-bond donors (Lipinski definition) is 0. The highest BCUT2D eigenvalue weighted by molar-refractivity contribution is 6.30. The summed E-state index contributed by atoms with van der Waals surface area (Å²) in [4.78, 5) is 8.38. The normalized spacial score (nSPS) is 11.7. The van der Waals surface area contributed by atoms with Crippen LogP contribution in [0.1, 0.15) is 6.92 Å². The fraction of sp³-hybridized carbons (Fsp3) is 0.0909. The van der Waals surface area contributed by atoms with Crippen molar-refractivity contribution in [2.75, 3.05) is 0 Å². The van der Waals surface area contributed by atoms with Crippen molar-refractivity contribution >= 4 is 23.1 Å². The van der Waals surface area contributed by atoms with E-state index in [1.807, 2.05) is 42.0 Å². The maximum Gasteiger partial charge on any atom is 0.111 e. The zero-order valence-corrected chi connectivity index (χ0v) is 9.02. The van der Waals surface area contributed by atoms with Crippen LogP contribution in [-0.2, 0) is 0 Å². The number of halogens is 1. The third-order valence-electron chi connectivity index (χ3n) is 2.00. The van der Waals surface area contributed by atoms with Crippen molar-refractivity contribution in [1.29, 1.82) is 0 Å². The summed E-state index contributed by atoms with van der Waals surface area (Å²) in [5, 5.41) is 0.717. The van der Waals surface area contributed by atoms with Crippen molar-refractivity contribution in [3.8, 4) is 0 Å². The highest BCUT2D eigenvalue weighted by atomic mass is 35.5. The molecule has 0 unspecified atom stereocenters. The largest absolute Gasteiger partial charge is 0.294 e. The van der Waals surface area contributed by atoms with Crippen molar-refractivity contribution in [2.24, 2.45) is 4.99 Å². The second-order valence-corrected chi connectivity index (χ2v) is 3.54. The summed E-state index contributed by atoms with van der Waals surface area (Å²) < 4.78 is 1.86. The summed E-state index contributed by atoms with van der Waals surface area (Å²) >= 11 is 5.78. The first kappa shape index (κ1) is 9.93. The molecule has 3 nitrogen and oxygen atoms in total. The van der Waals surface area contributed by atoms with E-state index in [1.54, 1.807) is 12.5 Å². The lowest BCUT2D eigenvalue weighted by Gasteiger charge is -2.00. The number of rotatable bonds is 1. The summed E-state index contributed by atoms with van der Waals surface area (Å²) in [6, 6.07) is 7.40. The Kier molecular flexibility index (Phi) is 2.83. The molecule has 0 amide bonds. The highest BCUT2D eigenvalue weighted by Gasteiger charge is 1.95. The molecular formula is C11H10ClN3. The predicted molar refractivity (Wildman–Crippen MR) is 61.8 cm³/mol. The van der Waals surface area contributed by atoms with Gasteiger partial charge in [0.25, 0.3) is 0 Å². The molecule has 0 N–H and O–H groups in total. The Morgan fingerprint density at radius 1 is 1.33 bits per heavy atom. The van der Waals surface area contributed by atoms with Gasteiger partial charge in [-0.3, -0.25) is 4.57 Å². The quantitative estimate of drug-likeness (QED) is 0.535. The lowest BCUT2D eigenvalue weighted by atomic mass is 10.3. The molecular weight excluding hydrogens is 210 g/mol. The Morgan fingerprint density at radius 3 is 2.67 bits per heavy atom. The van der Waals surface area contributed by atoms with E-state index in [4.69, 9.17) is 11.6 Å². The molecule has 0 aliphatic heterocycles. The Balaban J connectivity index is 2.27. The molecule has 0 saturated carbocycles. The molecule has 2 aromatic rings.